The third-order valence-corrected chi connectivity index (χ3v) is 7.20. The molecule has 2 aliphatic heterocycles. The van der Waals surface area contributed by atoms with Gasteiger partial charge >= 0.3 is 0 Å². The number of nitrogens with zero attached hydrogens (tertiary/aromatic N) is 6. The van der Waals surface area contributed by atoms with E-state index in [2.05, 4.69) is 28.1 Å². The molecule has 2 aliphatic rings. The predicted octanol–water partition coefficient (Wildman–Crippen LogP) is 4.53. The van der Waals surface area contributed by atoms with Crippen LogP contribution < -0.4 is 4.90 Å². The lowest BCUT2D eigenvalue weighted by Crippen LogP contribution is -2.44. The average Bonchev–Trinajstić information content (AvgIpc) is 3.56. The van der Waals surface area contributed by atoms with Gasteiger partial charge in [0.2, 0.25) is 0 Å². The van der Waals surface area contributed by atoms with Gasteiger partial charge in [0.15, 0.2) is 6.23 Å². The summed E-state index contributed by atoms with van der Waals surface area (Å²) in [6.45, 7) is 7.26. The van der Waals surface area contributed by atoms with E-state index in [1.54, 1.807) is 7.11 Å². The number of morpholine rings is 1. The number of anilines is 1. The first kappa shape index (κ1) is 24.0. The third-order valence-electron chi connectivity index (χ3n) is 7.20. The Morgan fingerprint density at radius 1 is 1.16 bits per heavy atom. The molecule has 0 aromatic carbocycles. The van der Waals surface area contributed by atoms with Gasteiger partial charge < -0.3 is 23.6 Å². The van der Waals surface area contributed by atoms with Crippen molar-refractivity contribution in [1.29, 1.82) is 0 Å². The van der Waals surface area contributed by atoms with Gasteiger partial charge in [0.05, 0.1) is 37.1 Å². The topological polar surface area (TPSA) is 101 Å². The Morgan fingerprint density at radius 2 is 2.08 bits per heavy atom. The molecule has 0 N–H and O–H groups in total. The number of aromatic nitrogens is 5. The predicted molar refractivity (Wildman–Crippen MR) is 138 cm³/mol. The van der Waals surface area contributed by atoms with Gasteiger partial charge in [-0.2, -0.15) is 5.10 Å². The Morgan fingerprint density at radius 3 is 2.89 bits per heavy atom. The van der Waals surface area contributed by atoms with E-state index in [-0.39, 0.29) is 12.3 Å². The van der Waals surface area contributed by atoms with E-state index in [4.69, 9.17) is 28.7 Å². The van der Waals surface area contributed by atoms with E-state index in [1.807, 2.05) is 36.1 Å². The first-order valence-electron chi connectivity index (χ1n) is 12.9. The van der Waals surface area contributed by atoms with Gasteiger partial charge in [0.25, 0.3) is 0 Å². The standard InChI is InChI=1S/C27H32N6O4/c1-17-15-35-13-11-32(17)23-14-20(25-18(2)37-31-21(25)16-34-3)19-7-9-28-27(26(19)30-23)22-8-10-29-33(22)24-6-4-5-12-36-24/h7-10,14,17,24H,4-6,11-13,15-16H2,1-3H3/t17-,24?/m1/s1. The van der Waals surface area contributed by atoms with Crippen molar-refractivity contribution in [3.05, 3.63) is 42.0 Å². The Bertz CT molecular complexity index is 1390. The molecule has 0 bridgehead atoms. The molecule has 2 fully saturated rings. The maximum atomic E-state index is 6.07. The minimum Gasteiger partial charge on any atom is -0.378 e. The summed E-state index contributed by atoms with van der Waals surface area (Å²) in [5.74, 6) is 1.61. The van der Waals surface area contributed by atoms with E-state index in [0.717, 1.165) is 83.1 Å². The number of hydrogen-bond donors (Lipinski definition) is 0. The van der Waals surface area contributed by atoms with Crippen LogP contribution in [0.1, 0.15) is 43.9 Å². The SMILES string of the molecule is COCc1noc(C)c1-c1cc(N2CCOC[C@H]2C)nc2c(-c3ccnn3C3CCCCO3)nccc12. The number of pyridine rings is 2. The molecule has 37 heavy (non-hydrogen) atoms. The molecule has 4 aromatic rings. The number of aryl methyl sites for hydroxylation is 1. The van der Waals surface area contributed by atoms with Crippen LogP contribution in [0.15, 0.2) is 35.1 Å². The lowest BCUT2D eigenvalue weighted by Gasteiger charge is -2.34. The molecule has 10 nitrogen and oxygen atoms in total. The highest BCUT2D eigenvalue weighted by atomic mass is 16.5. The fraction of sp³-hybridized carbons (Fsp3) is 0.481. The average molecular weight is 505 g/mol. The summed E-state index contributed by atoms with van der Waals surface area (Å²) >= 11 is 0. The van der Waals surface area contributed by atoms with Crippen molar-refractivity contribution in [2.75, 3.05) is 38.4 Å². The summed E-state index contributed by atoms with van der Waals surface area (Å²) in [4.78, 5) is 12.3. The molecule has 2 atom stereocenters. The molecule has 0 spiro atoms. The zero-order valence-electron chi connectivity index (χ0n) is 21.5. The zero-order valence-corrected chi connectivity index (χ0v) is 21.5. The van der Waals surface area contributed by atoms with Crippen molar-refractivity contribution in [2.24, 2.45) is 0 Å². The minimum atomic E-state index is -0.105. The highest BCUT2D eigenvalue weighted by molar-refractivity contribution is 6.02. The van der Waals surface area contributed by atoms with E-state index < -0.39 is 0 Å². The Labute approximate surface area is 215 Å². The number of methoxy groups -OCH3 is 1. The van der Waals surface area contributed by atoms with Gasteiger partial charge in [-0.25, -0.2) is 9.67 Å². The van der Waals surface area contributed by atoms with Gasteiger partial charge in [-0.15, -0.1) is 0 Å². The first-order chi connectivity index (χ1) is 18.2. The normalized spacial score (nSPS) is 20.6. The van der Waals surface area contributed by atoms with Crippen LogP contribution in [-0.4, -0.2) is 64.4 Å². The van der Waals surface area contributed by atoms with Crippen LogP contribution in [0, 0.1) is 6.92 Å². The van der Waals surface area contributed by atoms with Crippen molar-refractivity contribution >= 4 is 16.7 Å². The van der Waals surface area contributed by atoms with Crippen molar-refractivity contribution in [3.63, 3.8) is 0 Å². The number of rotatable bonds is 6. The first-order valence-corrected chi connectivity index (χ1v) is 12.9. The van der Waals surface area contributed by atoms with Gasteiger partial charge in [0.1, 0.15) is 28.5 Å². The quantitative estimate of drug-likeness (QED) is 0.375. The van der Waals surface area contributed by atoms with Gasteiger partial charge in [-0.05, 0) is 51.3 Å². The van der Waals surface area contributed by atoms with Crippen LogP contribution in [0.25, 0.3) is 33.4 Å². The van der Waals surface area contributed by atoms with E-state index in [0.29, 0.717) is 19.8 Å². The van der Waals surface area contributed by atoms with Crippen LogP contribution in [0.3, 0.4) is 0 Å². The monoisotopic (exact) mass is 504 g/mol. The van der Waals surface area contributed by atoms with Crippen molar-refractivity contribution in [2.45, 2.75) is 52.0 Å². The molecular formula is C27H32N6O4. The summed E-state index contributed by atoms with van der Waals surface area (Å²) in [6, 6.07) is 6.32. The van der Waals surface area contributed by atoms with Crippen molar-refractivity contribution in [3.8, 4) is 22.5 Å². The Hall–Kier alpha value is -3.34. The van der Waals surface area contributed by atoms with Crippen LogP contribution in [0.5, 0.6) is 0 Å². The van der Waals surface area contributed by atoms with E-state index >= 15 is 0 Å². The molecule has 0 saturated carbocycles. The molecule has 6 heterocycles. The number of hydrogen-bond acceptors (Lipinski definition) is 9. The summed E-state index contributed by atoms with van der Waals surface area (Å²) in [5.41, 5.74) is 5.14. The van der Waals surface area contributed by atoms with Crippen LogP contribution in [-0.2, 0) is 20.8 Å². The Balaban J connectivity index is 1.58. The largest absolute Gasteiger partial charge is 0.378 e. The molecule has 4 aromatic heterocycles. The fourth-order valence-electron chi connectivity index (χ4n) is 5.39. The summed E-state index contributed by atoms with van der Waals surface area (Å²) in [7, 11) is 1.66. The molecular weight excluding hydrogens is 472 g/mol. The maximum absolute atomic E-state index is 6.07. The van der Waals surface area contributed by atoms with E-state index in [1.165, 1.54) is 0 Å². The second-order valence-corrected chi connectivity index (χ2v) is 9.68. The third kappa shape index (κ3) is 4.39. The second kappa shape index (κ2) is 10.2. The molecule has 6 rings (SSSR count). The van der Waals surface area contributed by atoms with Crippen molar-refractivity contribution < 1.29 is 18.7 Å². The minimum absolute atomic E-state index is 0.105. The number of fused-ring (bicyclic) bond motifs is 1. The summed E-state index contributed by atoms with van der Waals surface area (Å²) < 4.78 is 24.8. The maximum Gasteiger partial charge on any atom is 0.150 e. The highest BCUT2D eigenvalue weighted by Gasteiger charge is 2.27. The van der Waals surface area contributed by atoms with Crippen LogP contribution in [0.4, 0.5) is 5.82 Å². The second-order valence-electron chi connectivity index (χ2n) is 9.68. The molecule has 0 radical (unpaired) electrons. The highest BCUT2D eigenvalue weighted by Crippen LogP contribution is 2.39. The molecule has 194 valence electrons. The van der Waals surface area contributed by atoms with Gasteiger partial charge in [0, 0.05) is 43.6 Å². The van der Waals surface area contributed by atoms with E-state index in [9.17, 15) is 0 Å². The smallest absolute Gasteiger partial charge is 0.150 e. The fourth-order valence-corrected chi connectivity index (χ4v) is 5.39. The molecule has 2 saturated heterocycles. The van der Waals surface area contributed by atoms with Crippen LogP contribution >= 0.6 is 0 Å². The van der Waals surface area contributed by atoms with Crippen LogP contribution in [0.2, 0.25) is 0 Å². The zero-order chi connectivity index (χ0) is 25.4. The molecule has 0 aliphatic carbocycles. The lowest BCUT2D eigenvalue weighted by molar-refractivity contribution is -0.0383. The summed E-state index contributed by atoms with van der Waals surface area (Å²) in [5, 5.41) is 9.89. The summed E-state index contributed by atoms with van der Waals surface area (Å²) in [6.07, 6.45) is 6.65. The van der Waals surface area contributed by atoms with Gasteiger partial charge in [-0.3, -0.25) is 4.98 Å². The van der Waals surface area contributed by atoms with Gasteiger partial charge in [-0.1, -0.05) is 5.16 Å². The number of ether oxygens (including phenoxy) is 3. The van der Waals surface area contributed by atoms with Crippen molar-refractivity contribution in [1.82, 2.24) is 24.9 Å². The molecule has 0 amide bonds. The Kier molecular flexibility index (Phi) is 6.62. The lowest BCUT2D eigenvalue weighted by atomic mass is 9.98. The molecule has 1 unspecified atom stereocenters. The molecule has 10 heteroatoms.